The summed E-state index contributed by atoms with van der Waals surface area (Å²) in [5.41, 5.74) is -0.00952. The molecule has 1 aromatic heterocycles. The first-order valence-corrected chi connectivity index (χ1v) is 10.0. The number of nitrogens with one attached hydrogen (secondary N) is 1. The van der Waals surface area contributed by atoms with Gasteiger partial charge in [-0.25, -0.2) is 14.6 Å². The predicted octanol–water partition coefficient (Wildman–Crippen LogP) is 5.20. The predicted molar refractivity (Wildman–Crippen MR) is 118 cm³/mol. The molecule has 8 heteroatoms. The van der Waals surface area contributed by atoms with Gasteiger partial charge in [0.05, 0.1) is 0 Å². The van der Waals surface area contributed by atoms with Crippen molar-refractivity contribution in [3.8, 4) is 11.6 Å². The van der Waals surface area contributed by atoms with E-state index in [0.29, 0.717) is 22.3 Å². The number of nitrogens with zero attached hydrogens (tertiary/aromatic N) is 1. The van der Waals surface area contributed by atoms with Crippen molar-refractivity contribution in [3.63, 3.8) is 0 Å². The summed E-state index contributed by atoms with van der Waals surface area (Å²) in [4.78, 5) is 27.7. The molecule has 31 heavy (non-hydrogen) atoms. The van der Waals surface area contributed by atoms with Gasteiger partial charge in [0.2, 0.25) is 5.88 Å². The van der Waals surface area contributed by atoms with E-state index >= 15 is 0 Å². The monoisotopic (exact) mass is 442 g/mol. The van der Waals surface area contributed by atoms with Gasteiger partial charge in [-0.2, -0.15) is 0 Å². The zero-order valence-electron chi connectivity index (χ0n) is 17.4. The van der Waals surface area contributed by atoms with Gasteiger partial charge >= 0.3 is 12.1 Å². The highest BCUT2D eigenvalue weighted by molar-refractivity contribution is 6.30. The van der Waals surface area contributed by atoms with Crippen LogP contribution in [0.4, 0.5) is 4.79 Å². The molecule has 1 amide bonds. The molecule has 7 nitrogen and oxygen atoms in total. The Bertz CT molecular complexity index is 1090. The zero-order valence-corrected chi connectivity index (χ0v) is 18.1. The summed E-state index contributed by atoms with van der Waals surface area (Å²) in [6, 6.07) is 15.1. The number of carbonyl (C=O) groups excluding carboxylic acids is 1. The Morgan fingerprint density at radius 3 is 2.45 bits per heavy atom. The van der Waals surface area contributed by atoms with E-state index in [9.17, 15) is 14.7 Å². The van der Waals surface area contributed by atoms with E-state index in [0.717, 1.165) is 10.8 Å². The van der Waals surface area contributed by atoms with Crippen LogP contribution in [0.2, 0.25) is 5.15 Å². The second kappa shape index (κ2) is 9.22. The minimum Gasteiger partial charge on any atom is -0.480 e. The molecule has 1 heterocycles. The van der Waals surface area contributed by atoms with Crippen molar-refractivity contribution >= 4 is 34.4 Å². The first-order valence-electron chi connectivity index (χ1n) is 9.65. The minimum atomic E-state index is -1.15. The standard InChI is InChI=1S/C23H23ClN2O5/c1-23(2,3)31-22(29)25-18(21(27)28)12-14-8-10-16(11-9-14)30-20-17-7-5-4-6-15(17)13-19(24)26-20/h4-11,13,18H,12H2,1-3H3,(H,25,29)(H,27,28). The van der Waals surface area contributed by atoms with Gasteiger partial charge in [-0.3, -0.25) is 0 Å². The van der Waals surface area contributed by atoms with Crippen LogP contribution in [0.15, 0.2) is 54.6 Å². The number of carboxylic acid groups (broad SMARTS) is 1. The van der Waals surface area contributed by atoms with Crippen molar-refractivity contribution in [2.45, 2.75) is 38.8 Å². The topological polar surface area (TPSA) is 97.8 Å². The number of hydrogen-bond acceptors (Lipinski definition) is 5. The molecule has 162 valence electrons. The van der Waals surface area contributed by atoms with Gasteiger partial charge < -0.3 is 19.9 Å². The van der Waals surface area contributed by atoms with Crippen molar-refractivity contribution in [1.82, 2.24) is 10.3 Å². The number of ether oxygens (including phenoxy) is 2. The number of aromatic nitrogens is 1. The van der Waals surface area contributed by atoms with Crippen LogP contribution in [0.5, 0.6) is 11.6 Å². The molecule has 3 rings (SSSR count). The zero-order chi connectivity index (χ0) is 22.6. The summed E-state index contributed by atoms with van der Waals surface area (Å²) in [7, 11) is 0. The smallest absolute Gasteiger partial charge is 0.408 e. The summed E-state index contributed by atoms with van der Waals surface area (Å²) in [5, 5.41) is 13.9. The normalized spacial score (nSPS) is 12.3. The summed E-state index contributed by atoms with van der Waals surface area (Å²) in [6.45, 7) is 5.12. The number of amides is 1. The average Bonchev–Trinajstić information content (AvgIpc) is 2.67. The molecule has 0 aliphatic carbocycles. The number of rotatable bonds is 6. The highest BCUT2D eigenvalue weighted by Crippen LogP contribution is 2.30. The first-order chi connectivity index (χ1) is 14.6. The Hall–Kier alpha value is -3.32. The Kier molecular flexibility index (Phi) is 6.65. The number of benzene rings is 2. The molecule has 2 aromatic carbocycles. The van der Waals surface area contributed by atoms with Gasteiger partial charge in [0.1, 0.15) is 22.5 Å². The van der Waals surface area contributed by atoms with Gasteiger partial charge in [0.25, 0.3) is 0 Å². The van der Waals surface area contributed by atoms with E-state index in [2.05, 4.69) is 10.3 Å². The molecule has 3 aromatic rings. The van der Waals surface area contributed by atoms with E-state index in [4.69, 9.17) is 21.1 Å². The molecule has 1 atom stereocenters. The number of aliphatic carboxylic acids is 1. The second-order valence-electron chi connectivity index (χ2n) is 7.96. The number of carboxylic acids is 1. The number of carbonyl (C=O) groups is 2. The lowest BCUT2D eigenvalue weighted by Gasteiger charge is -2.22. The maximum absolute atomic E-state index is 11.9. The molecule has 0 bridgehead atoms. The lowest BCUT2D eigenvalue weighted by atomic mass is 10.1. The van der Waals surface area contributed by atoms with Gasteiger partial charge in [0, 0.05) is 11.8 Å². The van der Waals surface area contributed by atoms with Crippen LogP contribution in [0.3, 0.4) is 0 Å². The molecule has 0 fully saturated rings. The lowest BCUT2D eigenvalue weighted by molar-refractivity contribution is -0.139. The molecule has 0 aliphatic heterocycles. The van der Waals surface area contributed by atoms with Crippen LogP contribution < -0.4 is 10.1 Å². The van der Waals surface area contributed by atoms with E-state index in [1.807, 2.05) is 24.3 Å². The molecule has 1 unspecified atom stereocenters. The molecule has 0 saturated carbocycles. The maximum Gasteiger partial charge on any atom is 0.408 e. The first kappa shape index (κ1) is 22.4. The molecule has 2 N–H and O–H groups in total. The molecular weight excluding hydrogens is 420 g/mol. The van der Waals surface area contributed by atoms with E-state index < -0.39 is 23.7 Å². The van der Waals surface area contributed by atoms with Crippen LogP contribution >= 0.6 is 11.6 Å². The van der Waals surface area contributed by atoms with Crippen molar-refractivity contribution in [2.24, 2.45) is 0 Å². The Morgan fingerprint density at radius 1 is 1.13 bits per heavy atom. The molecule has 0 spiro atoms. The Labute approximate surface area is 185 Å². The minimum absolute atomic E-state index is 0.0905. The van der Waals surface area contributed by atoms with Crippen LogP contribution in [0, 0.1) is 0 Å². The van der Waals surface area contributed by atoms with E-state index in [1.54, 1.807) is 51.1 Å². The third kappa shape index (κ3) is 6.33. The van der Waals surface area contributed by atoms with Crippen LogP contribution in [-0.2, 0) is 16.0 Å². The summed E-state index contributed by atoms with van der Waals surface area (Å²) >= 11 is 6.09. The highest BCUT2D eigenvalue weighted by atomic mass is 35.5. The van der Waals surface area contributed by atoms with Gasteiger partial charge in [-0.1, -0.05) is 41.9 Å². The fraction of sp³-hybridized carbons (Fsp3) is 0.261. The molecule has 0 aliphatic rings. The van der Waals surface area contributed by atoms with Crippen LogP contribution in [-0.4, -0.2) is 33.8 Å². The Balaban J connectivity index is 1.71. The third-order valence-electron chi connectivity index (χ3n) is 4.24. The fourth-order valence-electron chi connectivity index (χ4n) is 2.90. The third-order valence-corrected chi connectivity index (χ3v) is 4.43. The van der Waals surface area contributed by atoms with Crippen molar-refractivity contribution in [2.75, 3.05) is 0 Å². The number of halogens is 1. The van der Waals surface area contributed by atoms with E-state index in [-0.39, 0.29) is 6.42 Å². The molecular formula is C23H23ClN2O5. The fourth-order valence-corrected chi connectivity index (χ4v) is 3.10. The average molecular weight is 443 g/mol. The highest BCUT2D eigenvalue weighted by Gasteiger charge is 2.24. The van der Waals surface area contributed by atoms with Gasteiger partial charge in [-0.05, 0) is 56.0 Å². The Morgan fingerprint density at radius 2 is 1.81 bits per heavy atom. The lowest BCUT2D eigenvalue weighted by Crippen LogP contribution is -2.44. The number of alkyl carbamates (subject to hydrolysis) is 1. The number of fused-ring (bicyclic) bond motifs is 1. The quantitative estimate of drug-likeness (QED) is 0.509. The van der Waals surface area contributed by atoms with Crippen molar-refractivity contribution in [3.05, 3.63) is 65.3 Å². The summed E-state index contributed by atoms with van der Waals surface area (Å²) in [5.74, 6) is -0.248. The van der Waals surface area contributed by atoms with E-state index in [1.165, 1.54) is 0 Å². The van der Waals surface area contributed by atoms with Gasteiger partial charge in [0.15, 0.2) is 0 Å². The summed E-state index contributed by atoms with van der Waals surface area (Å²) in [6.07, 6.45) is -0.688. The maximum atomic E-state index is 11.9. The summed E-state index contributed by atoms with van der Waals surface area (Å²) < 4.78 is 11.0. The SMILES string of the molecule is CC(C)(C)OC(=O)NC(Cc1ccc(Oc2nc(Cl)cc3ccccc23)cc1)C(=O)O. The number of hydrogen-bond donors (Lipinski definition) is 2. The van der Waals surface area contributed by atoms with Crippen molar-refractivity contribution < 1.29 is 24.2 Å². The van der Waals surface area contributed by atoms with Gasteiger partial charge in [-0.15, -0.1) is 0 Å². The molecule has 0 radical (unpaired) electrons. The van der Waals surface area contributed by atoms with Crippen molar-refractivity contribution in [1.29, 1.82) is 0 Å². The number of pyridine rings is 1. The second-order valence-corrected chi connectivity index (χ2v) is 8.35. The van der Waals surface area contributed by atoms with Crippen LogP contribution in [0.25, 0.3) is 10.8 Å². The largest absolute Gasteiger partial charge is 0.480 e. The molecule has 0 saturated heterocycles. The van der Waals surface area contributed by atoms with Crippen LogP contribution in [0.1, 0.15) is 26.3 Å².